The normalized spacial score (nSPS) is 19.5. The van der Waals surface area contributed by atoms with Crippen molar-refractivity contribution in [1.82, 2.24) is 9.97 Å². The first kappa shape index (κ1) is 12.4. The summed E-state index contributed by atoms with van der Waals surface area (Å²) in [6.07, 6.45) is 2.52. The molecule has 2 N–H and O–H groups in total. The van der Waals surface area contributed by atoms with Gasteiger partial charge in [-0.3, -0.25) is 0 Å². The van der Waals surface area contributed by atoms with E-state index in [4.69, 9.17) is 22.1 Å². The van der Waals surface area contributed by atoms with Gasteiger partial charge in [0.15, 0.2) is 0 Å². The lowest BCUT2D eigenvalue weighted by atomic mass is 10.2. The average molecular weight is 257 g/mol. The van der Waals surface area contributed by atoms with Crippen LogP contribution in [0.1, 0.15) is 19.8 Å². The number of nitrogen functional groups attached to an aromatic ring is 1. The van der Waals surface area contributed by atoms with Gasteiger partial charge in [-0.15, -0.1) is 0 Å². The Labute approximate surface area is 106 Å². The molecular formula is C11H17ClN4O. The molecule has 0 spiro atoms. The monoisotopic (exact) mass is 256 g/mol. The fourth-order valence-electron chi connectivity index (χ4n) is 2.00. The maximum Gasteiger partial charge on any atom is 0.223 e. The summed E-state index contributed by atoms with van der Waals surface area (Å²) in [7, 11) is 0. The number of hydrogen-bond acceptors (Lipinski definition) is 5. The lowest BCUT2D eigenvalue weighted by Crippen LogP contribution is -2.32. The molecule has 0 aliphatic carbocycles. The zero-order chi connectivity index (χ0) is 12.3. The summed E-state index contributed by atoms with van der Waals surface area (Å²) in [6.45, 7) is 4.59. The van der Waals surface area contributed by atoms with Gasteiger partial charge in [0.2, 0.25) is 5.95 Å². The molecule has 0 bridgehead atoms. The number of ether oxygens (including phenoxy) is 1. The Bertz CT molecular complexity index is 361. The van der Waals surface area contributed by atoms with Gasteiger partial charge in [-0.25, -0.2) is 4.98 Å². The maximum absolute atomic E-state index is 5.88. The molecule has 1 atom stereocenters. The van der Waals surface area contributed by atoms with E-state index in [1.165, 1.54) is 0 Å². The zero-order valence-corrected chi connectivity index (χ0v) is 10.7. The molecule has 1 aromatic rings. The van der Waals surface area contributed by atoms with Crippen LogP contribution in [0.15, 0.2) is 6.07 Å². The Morgan fingerprint density at radius 2 is 2.41 bits per heavy atom. The van der Waals surface area contributed by atoms with Crippen LogP contribution in [0.5, 0.6) is 0 Å². The van der Waals surface area contributed by atoms with Gasteiger partial charge in [0.05, 0.1) is 6.10 Å². The highest BCUT2D eigenvalue weighted by Gasteiger charge is 2.19. The summed E-state index contributed by atoms with van der Waals surface area (Å²) in [5.41, 5.74) is 5.60. The third-order valence-corrected chi connectivity index (χ3v) is 3.05. The third-order valence-electron chi connectivity index (χ3n) is 2.85. The average Bonchev–Trinajstić information content (AvgIpc) is 2.77. The fraction of sp³-hybridized carbons (Fsp3) is 0.636. The highest BCUT2D eigenvalue weighted by Crippen LogP contribution is 2.20. The number of nitrogens with two attached hydrogens (primary N) is 1. The first-order chi connectivity index (χ1) is 8.19. The van der Waals surface area contributed by atoms with Crippen LogP contribution in [-0.2, 0) is 4.74 Å². The summed E-state index contributed by atoms with van der Waals surface area (Å²) in [6, 6.07) is 1.73. The molecule has 0 radical (unpaired) electrons. The summed E-state index contributed by atoms with van der Waals surface area (Å²) in [5, 5.41) is 0.373. The van der Waals surface area contributed by atoms with Crippen molar-refractivity contribution in [2.45, 2.75) is 25.9 Å². The Morgan fingerprint density at radius 1 is 1.59 bits per heavy atom. The second-order valence-corrected chi connectivity index (χ2v) is 4.47. The minimum absolute atomic E-state index is 0.207. The Morgan fingerprint density at radius 3 is 3.00 bits per heavy atom. The first-order valence-corrected chi connectivity index (χ1v) is 6.23. The fourth-order valence-corrected chi connectivity index (χ4v) is 2.19. The van der Waals surface area contributed by atoms with E-state index >= 15 is 0 Å². The number of nitrogens with zero attached hydrogens (tertiary/aromatic N) is 3. The smallest absolute Gasteiger partial charge is 0.223 e. The van der Waals surface area contributed by atoms with Crippen LogP contribution in [0.3, 0.4) is 0 Å². The molecule has 1 fully saturated rings. The molecule has 1 aromatic heterocycles. The predicted octanol–water partition coefficient (Wildman–Crippen LogP) is 1.72. The van der Waals surface area contributed by atoms with Crippen LogP contribution >= 0.6 is 11.6 Å². The molecular weight excluding hydrogens is 240 g/mol. The van der Waals surface area contributed by atoms with Gasteiger partial charge < -0.3 is 15.4 Å². The summed E-state index contributed by atoms with van der Waals surface area (Å²) in [5.74, 6) is 0.971. The molecule has 1 saturated heterocycles. The van der Waals surface area contributed by atoms with E-state index in [1.807, 2.05) is 0 Å². The predicted molar refractivity (Wildman–Crippen MR) is 68.3 cm³/mol. The standard InChI is InChI=1S/C11H17ClN4O/c1-2-16(7-8-4-3-5-17-8)10-6-9(12)14-11(13)15-10/h6,8H,2-5,7H2,1H3,(H2,13,14,15). The minimum Gasteiger partial charge on any atom is -0.376 e. The van der Waals surface area contributed by atoms with Crippen LogP contribution in [0.4, 0.5) is 11.8 Å². The van der Waals surface area contributed by atoms with Crippen molar-refractivity contribution in [3.63, 3.8) is 0 Å². The van der Waals surface area contributed by atoms with Crippen molar-refractivity contribution < 1.29 is 4.74 Å². The van der Waals surface area contributed by atoms with Crippen LogP contribution in [0.25, 0.3) is 0 Å². The molecule has 2 rings (SSSR count). The Hall–Kier alpha value is -1.07. The van der Waals surface area contributed by atoms with Crippen molar-refractivity contribution in [3.8, 4) is 0 Å². The van der Waals surface area contributed by atoms with E-state index in [9.17, 15) is 0 Å². The van der Waals surface area contributed by atoms with Crippen LogP contribution in [0.2, 0.25) is 5.15 Å². The van der Waals surface area contributed by atoms with Crippen molar-refractivity contribution in [1.29, 1.82) is 0 Å². The summed E-state index contributed by atoms with van der Waals surface area (Å²) < 4.78 is 5.62. The third kappa shape index (κ3) is 3.20. The van der Waals surface area contributed by atoms with E-state index in [2.05, 4.69) is 21.8 Å². The number of halogens is 1. The van der Waals surface area contributed by atoms with Crippen molar-refractivity contribution >= 4 is 23.4 Å². The molecule has 0 saturated carbocycles. The van der Waals surface area contributed by atoms with Gasteiger partial charge >= 0.3 is 0 Å². The van der Waals surface area contributed by atoms with E-state index in [-0.39, 0.29) is 12.1 Å². The first-order valence-electron chi connectivity index (χ1n) is 5.85. The molecule has 0 aromatic carbocycles. The molecule has 94 valence electrons. The largest absolute Gasteiger partial charge is 0.376 e. The molecule has 17 heavy (non-hydrogen) atoms. The molecule has 0 amide bonds. The van der Waals surface area contributed by atoms with Gasteiger partial charge in [-0.1, -0.05) is 11.6 Å². The molecule has 6 heteroatoms. The number of anilines is 2. The minimum atomic E-state index is 0.207. The lowest BCUT2D eigenvalue weighted by Gasteiger charge is -2.25. The second-order valence-electron chi connectivity index (χ2n) is 4.08. The van der Waals surface area contributed by atoms with Crippen molar-refractivity contribution in [2.75, 3.05) is 30.3 Å². The van der Waals surface area contributed by atoms with Gasteiger partial charge in [-0.05, 0) is 19.8 Å². The van der Waals surface area contributed by atoms with Crippen molar-refractivity contribution in [3.05, 3.63) is 11.2 Å². The van der Waals surface area contributed by atoms with Gasteiger partial charge in [0, 0.05) is 25.8 Å². The lowest BCUT2D eigenvalue weighted by molar-refractivity contribution is 0.115. The SMILES string of the molecule is CCN(CC1CCCO1)c1cc(Cl)nc(N)n1. The van der Waals surface area contributed by atoms with E-state index in [1.54, 1.807) is 6.07 Å². The second kappa shape index (κ2) is 5.51. The number of rotatable bonds is 4. The topological polar surface area (TPSA) is 64.3 Å². The van der Waals surface area contributed by atoms with Gasteiger partial charge in [-0.2, -0.15) is 4.98 Å². The highest BCUT2D eigenvalue weighted by molar-refractivity contribution is 6.29. The highest BCUT2D eigenvalue weighted by atomic mass is 35.5. The Kier molecular flexibility index (Phi) is 4.02. The van der Waals surface area contributed by atoms with Crippen LogP contribution in [0, 0.1) is 0 Å². The number of aromatic nitrogens is 2. The molecule has 1 unspecified atom stereocenters. The Balaban J connectivity index is 2.10. The van der Waals surface area contributed by atoms with Crippen LogP contribution in [-0.4, -0.2) is 35.8 Å². The summed E-state index contributed by atoms with van der Waals surface area (Å²) in [4.78, 5) is 10.2. The maximum atomic E-state index is 5.88. The molecule has 5 nitrogen and oxygen atoms in total. The van der Waals surface area contributed by atoms with Crippen molar-refractivity contribution in [2.24, 2.45) is 0 Å². The van der Waals surface area contributed by atoms with Crippen LogP contribution < -0.4 is 10.6 Å². The molecule has 1 aliphatic heterocycles. The van der Waals surface area contributed by atoms with Gasteiger partial charge in [0.1, 0.15) is 11.0 Å². The quantitative estimate of drug-likeness (QED) is 0.831. The van der Waals surface area contributed by atoms with E-state index in [0.29, 0.717) is 5.15 Å². The van der Waals surface area contributed by atoms with Gasteiger partial charge in [0.25, 0.3) is 0 Å². The summed E-state index contributed by atoms with van der Waals surface area (Å²) >= 11 is 5.88. The number of likely N-dealkylation sites (N-methyl/N-ethyl adjacent to an activating group) is 1. The zero-order valence-electron chi connectivity index (χ0n) is 9.90. The van der Waals surface area contributed by atoms with E-state index in [0.717, 1.165) is 38.4 Å². The number of hydrogen-bond donors (Lipinski definition) is 1. The molecule has 1 aliphatic rings. The van der Waals surface area contributed by atoms with E-state index < -0.39 is 0 Å². The molecule has 2 heterocycles.